The van der Waals surface area contributed by atoms with Gasteiger partial charge in [0.2, 0.25) is 5.91 Å². The van der Waals surface area contributed by atoms with E-state index in [0.29, 0.717) is 5.56 Å². The molecule has 0 spiro atoms. The van der Waals surface area contributed by atoms with E-state index in [1.165, 1.54) is 6.07 Å². The van der Waals surface area contributed by atoms with Crippen LogP contribution in [0.5, 0.6) is 0 Å². The Morgan fingerprint density at radius 3 is 2.90 bits per heavy atom. The molecular weight excluding hydrogens is 335 g/mol. The van der Waals surface area contributed by atoms with Crippen LogP contribution in [0, 0.1) is 11.7 Å². The van der Waals surface area contributed by atoms with Gasteiger partial charge in [0, 0.05) is 29.2 Å². The molecule has 3 nitrogen and oxygen atoms in total. The number of amides is 1. The fourth-order valence-electron chi connectivity index (χ4n) is 3.03. The summed E-state index contributed by atoms with van der Waals surface area (Å²) in [6.07, 6.45) is 3.78. The summed E-state index contributed by atoms with van der Waals surface area (Å²) in [5.74, 6) is -0.456. The van der Waals surface area contributed by atoms with E-state index in [9.17, 15) is 9.18 Å². The van der Waals surface area contributed by atoms with Gasteiger partial charge in [0.15, 0.2) is 0 Å². The van der Waals surface area contributed by atoms with Crippen molar-refractivity contribution in [3.8, 4) is 0 Å². The third kappa shape index (κ3) is 3.83. The number of hydrogen-bond acceptors (Lipinski definition) is 2. The van der Waals surface area contributed by atoms with Crippen LogP contribution in [-0.2, 0) is 11.3 Å². The van der Waals surface area contributed by atoms with Crippen molar-refractivity contribution in [3.63, 3.8) is 0 Å². The molecule has 1 fully saturated rings. The lowest BCUT2D eigenvalue weighted by atomic mass is 9.74. The van der Waals surface area contributed by atoms with Crippen LogP contribution in [0.25, 0.3) is 0 Å². The SMILES string of the molecule is CN(Cc1cc(Br)ccc1F)C(=O)C1CCCCC1(C)N. The molecule has 0 bridgehead atoms. The molecule has 0 saturated heterocycles. The number of hydrogen-bond donors (Lipinski definition) is 1. The molecular formula is C16H22BrFN2O. The maximum atomic E-state index is 13.8. The molecule has 0 radical (unpaired) electrons. The highest BCUT2D eigenvalue weighted by Crippen LogP contribution is 2.33. The van der Waals surface area contributed by atoms with Crippen molar-refractivity contribution in [3.05, 3.63) is 34.1 Å². The topological polar surface area (TPSA) is 46.3 Å². The Bertz CT molecular complexity index is 533. The molecule has 1 aliphatic carbocycles. The standard InChI is InChI=1S/C16H22BrFN2O/c1-16(19)8-4-3-5-13(16)15(21)20(2)10-11-9-12(17)6-7-14(11)18/h6-7,9,13H,3-5,8,10,19H2,1-2H3. The first-order valence-corrected chi connectivity index (χ1v) is 8.08. The van der Waals surface area contributed by atoms with Gasteiger partial charge in [-0.1, -0.05) is 28.8 Å². The number of carbonyl (C=O) groups is 1. The molecule has 2 rings (SSSR count). The smallest absolute Gasteiger partial charge is 0.227 e. The minimum Gasteiger partial charge on any atom is -0.341 e. The second-order valence-corrected chi connectivity index (χ2v) is 7.15. The van der Waals surface area contributed by atoms with E-state index in [1.807, 2.05) is 6.92 Å². The highest BCUT2D eigenvalue weighted by atomic mass is 79.9. The summed E-state index contributed by atoms with van der Waals surface area (Å²) in [4.78, 5) is 14.2. The number of nitrogens with zero attached hydrogens (tertiary/aromatic N) is 1. The van der Waals surface area contributed by atoms with Gasteiger partial charge in [0.1, 0.15) is 5.82 Å². The zero-order valence-electron chi connectivity index (χ0n) is 12.5. The molecule has 1 aromatic rings. The van der Waals surface area contributed by atoms with Crippen LogP contribution in [0.1, 0.15) is 38.2 Å². The van der Waals surface area contributed by atoms with E-state index >= 15 is 0 Å². The average Bonchev–Trinajstić information content (AvgIpc) is 2.41. The number of carbonyl (C=O) groups excluding carboxylic acids is 1. The quantitative estimate of drug-likeness (QED) is 0.901. The van der Waals surface area contributed by atoms with E-state index < -0.39 is 5.54 Å². The van der Waals surface area contributed by atoms with Gasteiger partial charge >= 0.3 is 0 Å². The predicted octanol–water partition coefficient (Wildman–Crippen LogP) is 3.45. The van der Waals surface area contributed by atoms with Crippen molar-refractivity contribution in [2.75, 3.05) is 7.05 Å². The maximum Gasteiger partial charge on any atom is 0.227 e. The molecule has 0 heterocycles. The number of halogens is 2. The predicted molar refractivity (Wildman–Crippen MR) is 85.1 cm³/mol. The molecule has 2 atom stereocenters. The van der Waals surface area contributed by atoms with E-state index in [0.717, 1.165) is 30.2 Å². The Hall–Kier alpha value is -0.940. The second-order valence-electron chi connectivity index (χ2n) is 6.23. The van der Waals surface area contributed by atoms with Gasteiger partial charge in [-0.15, -0.1) is 0 Å². The largest absolute Gasteiger partial charge is 0.341 e. The zero-order valence-corrected chi connectivity index (χ0v) is 14.1. The lowest BCUT2D eigenvalue weighted by molar-refractivity contribution is -0.138. The summed E-state index contributed by atoms with van der Waals surface area (Å²) in [5.41, 5.74) is 6.33. The Kier molecular flexibility index (Phi) is 5.04. The first-order valence-electron chi connectivity index (χ1n) is 7.29. The van der Waals surface area contributed by atoms with Gasteiger partial charge < -0.3 is 10.6 Å². The summed E-state index contributed by atoms with van der Waals surface area (Å²) in [5, 5.41) is 0. The van der Waals surface area contributed by atoms with Crippen molar-refractivity contribution in [1.82, 2.24) is 4.90 Å². The van der Waals surface area contributed by atoms with Crippen molar-refractivity contribution in [2.45, 2.75) is 44.7 Å². The van der Waals surface area contributed by atoms with Crippen LogP contribution < -0.4 is 5.73 Å². The average molecular weight is 357 g/mol. The fraction of sp³-hybridized carbons (Fsp3) is 0.562. The van der Waals surface area contributed by atoms with Gasteiger partial charge in [-0.3, -0.25) is 4.79 Å². The minimum absolute atomic E-state index is 0.0130. The van der Waals surface area contributed by atoms with Crippen molar-refractivity contribution >= 4 is 21.8 Å². The third-order valence-electron chi connectivity index (χ3n) is 4.34. The summed E-state index contributed by atoms with van der Waals surface area (Å²) in [6, 6.07) is 4.77. The first-order chi connectivity index (χ1) is 9.81. The highest BCUT2D eigenvalue weighted by Gasteiger charge is 2.39. The Labute approximate surface area is 133 Å². The minimum atomic E-state index is -0.459. The molecule has 5 heteroatoms. The van der Waals surface area contributed by atoms with Crippen LogP contribution in [0.2, 0.25) is 0 Å². The molecule has 21 heavy (non-hydrogen) atoms. The monoisotopic (exact) mass is 356 g/mol. The lowest BCUT2D eigenvalue weighted by Gasteiger charge is -2.39. The van der Waals surface area contributed by atoms with Gasteiger partial charge in [0.25, 0.3) is 0 Å². The van der Waals surface area contributed by atoms with Crippen LogP contribution in [0.3, 0.4) is 0 Å². The van der Waals surface area contributed by atoms with E-state index in [1.54, 1.807) is 24.1 Å². The first kappa shape index (κ1) is 16.4. The molecule has 1 aliphatic rings. The number of nitrogens with two attached hydrogens (primary N) is 1. The van der Waals surface area contributed by atoms with E-state index in [-0.39, 0.29) is 24.2 Å². The highest BCUT2D eigenvalue weighted by molar-refractivity contribution is 9.10. The molecule has 2 unspecified atom stereocenters. The zero-order chi connectivity index (χ0) is 15.6. The van der Waals surface area contributed by atoms with Crippen LogP contribution in [-0.4, -0.2) is 23.4 Å². The molecule has 0 aromatic heterocycles. The van der Waals surface area contributed by atoms with Gasteiger partial charge in [-0.05, 0) is 38.0 Å². The van der Waals surface area contributed by atoms with Crippen molar-refractivity contribution < 1.29 is 9.18 Å². The fourth-order valence-corrected chi connectivity index (χ4v) is 3.44. The maximum absolute atomic E-state index is 13.8. The molecule has 1 aromatic carbocycles. The molecule has 0 aliphatic heterocycles. The summed E-state index contributed by atoms with van der Waals surface area (Å²) in [7, 11) is 1.72. The molecule has 1 saturated carbocycles. The molecule has 1 amide bonds. The summed E-state index contributed by atoms with van der Waals surface area (Å²) >= 11 is 3.33. The number of benzene rings is 1. The normalized spacial score (nSPS) is 25.7. The van der Waals surface area contributed by atoms with Gasteiger partial charge in [-0.2, -0.15) is 0 Å². The molecule has 2 N–H and O–H groups in total. The summed E-state index contributed by atoms with van der Waals surface area (Å²) < 4.78 is 14.6. The van der Waals surface area contributed by atoms with Crippen LogP contribution >= 0.6 is 15.9 Å². The van der Waals surface area contributed by atoms with Crippen molar-refractivity contribution in [2.24, 2.45) is 11.7 Å². The lowest BCUT2D eigenvalue weighted by Crippen LogP contribution is -2.53. The van der Waals surface area contributed by atoms with Crippen LogP contribution in [0.15, 0.2) is 22.7 Å². The van der Waals surface area contributed by atoms with Crippen molar-refractivity contribution in [1.29, 1.82) is 0 Å². The summed E-state index contributed by atoms with van der Waals surface area (Å²) in [6.45, 7) is 2.21. The van der Waals surface area contributed by atoms with Gasteiger partial charge in [-0.25, -0.2) is 4.39 Å². The number of rotatable bonds is 3. The van der Waals surface area contributed by atoms with Gasteiger partial charge in [0.05, 0.1) is 5.92 Å². The third-order valence-corrected chi connectivity index (χ3v) is 4.84. The molecule has 116 valence electrons. The Balaban J connectivity index is 2.10. The van der Waals surface area contributed by atoms with E-state index in [2.05, 4.69) is 15.9 Å². The second kappa shape index (κ2) is 6.44. The Morgan fingerprint density at radius 1 is 1.52 bits per heavy atom. The Morgan fingerprint density at radius 2 is 2.24 bits per heavy atom. The van der Waals surface area contributed by atoms with E-state index in [4.69, 9.17) is 5.73 Å². The van der Waals surface area contributed by atoms with Crippen LogP contribution in [0.4, 0.5) is 4.39 Å².